The van der Waals surface area contributed by atoms with Crippen molar-refractivity contribution in [3.05, 3.63) is 36.0 Å². The van der Waals surface area contributed by atoms with Gasteiger partial charge in [-0.2, -0.15) is 13.2 Å². The van der Waals surface area contributed by atoms with Gasteiger partial charge in [0, 0.05) is 23.6 Å². The van der Waals surface area contributed by atoms with Gasteiger partial charge in [-0.15, -0.1) is 0 Å². The molecular weight excluding hydrogens is 217 g/mol. The topological polar surface area (TPSA) is 41.8 Å². The number of H-pyrrole nitrogens is 1. The lowest BCUT2D eigenvalue weighted by atomic mass is 9.98. The summed E-state index contributed by atoms with van der Waals surface area (Å²) in [5.74, 6) is -1.61. The fourth-order valence-corrected chi connectivity index (χ4v) is 1.82. The predicted molar refractivity (Wildman–Crippen MR) is 56.1 cm³/mol. The molecule has 0 amide bonds. The van der Waals surface area contributed by atoms with Crippen molar-refractivity contribution in [3.63, 3.8) is 0 Å². The number of nitrogens with one attached hydrogen (secondary N) is 1. The molecule has 2 nitrogen and oxygen atoms in total. The molecule has 0 aliphatic carbocycles. The molecule has 2 aromatic rings. The molecule has 5 heteroatoms. The van der Waals surface area contributed by atoms with Crippen LogP contribution >= 0.6 is 0 Å². The maximum absolute atomic E-state index is 12.7. The van der Waals surface area contributed by atoms with E-state index >= 15 is 0 Å². The van der Waals surface area contributed by atoms with Gasteiger partial charge in [-0.25, -0.2) is 0 Å². The van der Waals surface area contributed by atoms with Gasteiger partial charge in [0.05, 0.1) is 5.92 Å². The molecule has 3 N–H and O–H groups in total. The smallest absolute Gasteiger partial charge is 0.361 e. The lowest BCUT2D eigenvalue weighted by Gasteiger charge is -2.17. The number of benzene rings is 1. The number of fused-ring (bicyclic) bond motifs is 1. The summed E-state index contributed by atoms with van der Waals surface area (Å²) in [5, 5.41) is 0.579. The molecular formula is C11H11F3N2. The van der Waals surface area contributed by atoms with Crippen LogP contribution in [-0.2, 0) is 0 Å². The van der Waals surface area contributed by atoms with Gasteiger partial charge in [0.1, 0.15) is 0 Å². The number of halogens is 3. The Hall–Kier alpha value is -1.49. The van der Waals surface area contributed by atoms with Crippen LogP contribution in [0.2, 0.25) is 0 Å². The van der Waals surface area contributed by atoms with Crippen LogP contribution in [0.3, 0.4) is 0 Å². The minimum Gasteiger partial charge on any atom is -0.361 e. The first-order valence-corrected chi connectivity index (χ1v) is 4.87. The van der Waals surface area contributed by atoms with E-state index in [4.69, 9.17) is 5.73 Å². The van der Waals surface area contributed by atoms with Crippen molar-refractivity contribution in [2.75, 3.05) is 6.54 Å². The van der Waals surface area contributed by atoms with Crippen molar-refractivity contribution in [2.45, 2.75) is 12.1 Å². The van der Waals surface area contributed by atoms with Crippen molar-refractivity contribution in [1.29, 1.82) is 0 Å². The zero-order chi connectivity index (χ0) is 11.8. The average Bonchev–Trinajstić information content (AvgIpc) is 2.61. The van der Waals surface area contributed by atoms with Gasteiger partial charge in [-0.1, -0.05) is 18.2 Å². The number of rotatable bonds is 2. The first kappa shape index (κ1) is 11.0. The number of alkyl halides is 3. The second-order valence-electron chi connectivity index (χ2n) is 3.62. The van der Waals surface area contributed by atoms with E-state index in [0.717, 1.165) is 0 Å². The van der Waals surface area contributed by atoms with Crippen LogP contribution in [0.1, 0.15) is 11.5 Å². The molecule has 0 unspecified atom stereocenters. The first-order valence-electron chi connectivity index (χ1n) is 4.87. The Morgan fingerprint density at radius 2 is 1.94 bits per heavy atom. The molecule has 16 heavy (non-hydrogen) atoms. The SMILES string of the molecule is NC[C@@H](c1c[nH]c2ccccc12)C(F)(F)F. The van der Waals surface area contributed by atoms with E-state index in [1.54, 1.807) is 24.3 Å². The largest absolute Gasteiger partial charge is 0.397 e. The molecule has 0 aliphatic heterocycles. The van der Waals surface area contributed by atoms with E-state index in [9.17, 15) is 13.2 Å². The molecule has 0 aliphatic rings. The van der Waals surface area contributed by atoms with Crippen molar-refractivity contribution < 1.29 is 13.2 Å². The second kappa shape index (κ2) is 3.83. The van der Waals surface area contributed by atoms with E-state index < -0.39 is 18.6 Å². The maximum Gasteiger partial charge on any atom is 0.397 e. The molecule has 0 spiro atoms. The first-order chi connectivity index (χ1) is 7.54. The standard InChI is InChI=1S/C11H11F3N2/c12-11(13,14)9(5-15)8-6-16-10-4-2-1-3-7(8)10/h1-4,6,9,16H,5,15H2/t9-/m0/s1. The Morgan fingerprint density at radius 1 is 1.25 bits per heavy atom. The minimum absolute atomic E-state index is 0.214. The third-order valence-corrected chi connectivity index (χ3v) is 2.63. The normalized spacial score (nSPS) is 14.2. The minimum atomic E-state index is -4.31. The van der Waals surface area contributed by atoms with Gasteiger partial charge in [0.25, 0.3) is 0 Å². The molecule has 0 saturated carbocycles. The molecule has 1 aromatic carbocycles. The Kier molecular flexibility index (Phi) is 2.63. The van der Waals surface area contributed by atoms with E-state index in [0.29, 0.717) is 10.9 Å². The monoisotopic (exact) mass is 228 g/mol. The highest BCUT2D eigenvalue weighted by Crippen LogP contribution is 2.37. The predicted octanol–water partition coefficient (Wildman–Crippen LogP) is 2.77. The number of para-hydroxylation sites is 1. The van der Waals surface area contributed by atoms with Gasteiger partial charge in [0.15, 0.2) is 0 Å². The van der Waals surface area contributed by atoms with Crippen LogP contribution < -0.4 is 5.73 Å². The fourth-order valence-electron chi connectivity index (χ4n) is 1.82. The highest BCUT2D eigenvalue weighted by Gasteiger charge is 2.40. The van der Waals surface area contributed by atoms with E-state index in [1.165, 1.54) is 6.20 Å². The lowest BCUT2D eigenvalue weighted by molar-refractivity contribution is -0.147. The summed E-state index contributed by atoms with van der Waals surface area (Å²) in [6.07, 6.45) is -2.92. The number of nitrogens with two attached hydrogens (primary N) is 1. The van der Waals surface area contributed by atoms with E-state index in [1.807, 2.05) is 0 Å². The highest BCUT2D eigenvalue weighted by molar-refractivity contribution is 5.83. The molecule has 0 fully saturated rings. The summed E-state index contributed by atoms with van der Waals surface area (Å²) in [5.41, 5.74) is 6.12. The van der Waals surface area contributed by atoms with Crippen LogP contribution in [-0.4, -0.2) is 17.7 Å². The van der Waals surface area contributed by atoms with Crippen molar-refractivity contribution in [1.82, 2.24) is 4.98 Å². The third-order valence-electron chi connectivity index (χ3n) is 2.63. The van der Waals surface area contributed by atoms with Crippen molar-refractivity contribution in [2.24, 2.45) is 5.73 Å². The van der Waals surface area contributed by atoms with Crippen molar-refractivity contribution >= 4 is 10.9 Å². The average molecular weight is 228 g/mol. The van der Waals surface area contributed by atoms with Crippen LogP contribution in [0.4, 0.5) is 13.2 Å². The van der Waals surface area contributed by atoms with Gasteiger partial charge in [-0.05, 0) is 11.6 Å². The summed E-state index contributed by atoms with van der Waals surface area (Å²) in [4.78, 5) is 2.82. The molecule has 1 heterocycles. The number of aromatic nitrogens is 1. The third kappa shape index (κ3) is 1.78. The molecule has 0 bridgehead atoms. The molecule has 2 rings (SSSR count). The Bertz CT molecular complexity index is 487. The van der Waals surface area contributed by atoms with Crippen LogP contribution in [0.5, 0.6) is 0 Å². The number of hydrogen-bond donors (Lipinski definition) is 2. The van der Waals surface area contributed by atoms with Gasteiger partial charge < -0.3 is 10.7 Å². The molecule has 0 saturated heterocycles. The summed E-state index contributed by atoms with van der Waals surface area (Å²) < 4.78 is 38.2. The number of hydrogen-bond acceptors (Lipinski definition) is 1. The molecule has 86 valence electrons. The molecule has 1 aromatic heterocycles. The van der Waals surface area contributed by atoms with E-state index in [-0.39, 0.29) is 5.56 Å². The summed E-state index contributed by atoms with van der Waals surface area (Å²) in [7, 11) is 0. The summed E-state index contributed by atoms with van der Waals surface area (Å²) in [6, 6.07) is 6.88. The maximum atomic E-state index is 12.7. The Labute approximate surface area is 90.3 Å². The van der Waals surface area contributed by atoms with Gasteiger partial charge in [0.2, 0.25) is 0 Å². The van der Waals surface area contributed by atoms with Crippen LogP contribution in [0, 0.1) is 0 Å². The van der Waals surface area contributed by atoms with Crippen LogP contribution in [0.15, 0.2) is 30.5 Å². The number of aromatic amines is 1. The van der Waals surface area contributed by atoms with Gasteiger partial charge in [-0.3, -0.25) is 0 Å². The summed E-state index contributed by atoms with van der Waals surface area (Å²) in [6.45, 7) is -0.439. The van der Waals surface area contributed by atoms with E-state index in [2.05, 4.69) is 4.98 Å². The highest BCUT2D eigenvalue weighted by atomic mass is 19.4. The van der Waals surface area contributed by atoms with Crippen LogP contribution in [0.25, 0.3) is 10.9 Å². The van der Waals surface area contributed by atoms with Crippen molar-refractivity contribution in [3.8, 4) is 0 Å². The zero-order valence-electron chi connectivity index (χ0n) is 8.38. The second-order valence-corrected chi connectivity index (χ2v) is 3.62. The quantitative estimate of drug-likeness (QED) is 0.815. The molecule has 0 radical (unpaired) electrons. The Morgan fingerprint density at radius 3 is 2.56 bits per heavy atom. The zero-order valence-corrected chi connectivity index (χ0v) is 8.38. The lowest BCUT2D eigenvalue weighted by Crippen LogP contribution is -2.27. The summed E-state index contributed by atoms with van der Waals surface area (Å²) >= 11 is 0. The van der Waals surface area contributed by atoms with Gasteiger partial charge >= 0.3 is 6.18 Å². The Balaban J connectivity index is 2.54. The fraction of sp³-hybridized carbons (Fsp3) is 0.273. The molecule has 1 atom stereocenters.